The van der Waals surface area contributed by atoms with E-state index in [-0.39, 0.29) is 5.75 Å². The van der Waals surface area contributed by atoms with Gasteiger partial charge in [-0.2, -0.15) is 0 Å². The van der Waals surface area contributed by atoms with Crippen LogP contribution in [0.5, 0.6) is 5.75 Å². The first-order chi connectivity index (χ1) is 9.04. The summed E-state index contributed by atoms with van der Waals surface area (Å²) in [5, 5.41) is 0. The quantitative estimate of drug-likeness (QED) is 0.928. The molecule has 0 aromatic heterocycles. The highest BCUT2D eigenvalue weighted by molar-refractivity contribution is 9.10. The van der Waals surface area contributed by atoms with Gasteiger partial charge in [0.2, 0.25) is 0 Å². The van der Waals surface area contributed by atoms with Gasteiger partial charge in [0, 0.05) is 10.0 Å². The maximum absolute atomic E-state index is 14.2. The summed E-state index contributed by atoms with van der Waals surface area (Å²) in [5.41, 5.74) is 8.55. The first-order valence-electron chi connectivity index (χ1n) is 5.88. The maximum atomic E-state index is 14.2. The number of aryl methyl sites for hydroxylation is 1. The van der Waals surface area contributed by atoms with E-state index in [1.165, 1.54) is 7.11 Å². The Balaban J connectivity index is 2.47. The highest BCUT2D eigenvalue weighted by Gasteiger charge is 2.18. The molecule has 2 N–H and O–H groups in total. The first-order valence-corrected chi connectivity index (χ1v) is 6.68. The number of nitrogens with two attached hydrogens (primary N) is 1. The van der Waals surface area contributed by atoms with Gasteiger partial charge in [0.15, 0.2) is 11.6 Å². The van der Waals surface area contributed by atoms with Crippen LogP contribution in [0.1, 0.15) is 22.7 Å². The van der Waals surface area contributed by atoms with Crippen molar-refractivity contribution in [2.75, 3.05) is 7.11 Å². The Morgan fingerprint density at radius 2 is 1.95 bits per heavy atom. The van der Waals surface area contributed by atoms with Gasteiger partial charge in [-0.3, -0.25) is 0 Å². The number of methoxy groups -OCH3 is 1. The van der Waals surface area contributed by atoms with E-state index in [1.807, 2.05) is 25.1 Å². The van der Waals surface area contributed by atoms with Crippen LogP contribution < -0.4 is 10.5 Å². The van der Waals surface area contributed by atoms with Gasteiger partial charge in [0.05, 0.1) is 13.2 Å². The van der Waals surface area contributed by atoms with Gasteiger partial charge in [-0.05, 0) is 30.2 Å². The van der Waals surface area contributed by atoms with Crippen molar-refractivity contribution in [2.24, 2.45) is 5.73 Å². The number of hydrogen-bond donors (Lipinski definition) is 1. The van der Waals surface area contributed by atoms with E-state index >= 15 is 0 Å². The van der Waals surface area contributed by atoms with Crippen LogP contribution in [0.3, 0.4) is 0 Å². The molecule has 4 heteroatoms. The van der Waals surface area contributed by atoms with E-state index in [9.17, 15) is 4.39 Å². The fraction of sp³-hybridized carbons (Fsp3) is 0.200. The zero-order valence-corrected chi connectivity index (χ0v) is 12.4. The highest BCUT2D eigenvalue weighted by Crippen LogP contribution is 2.31. The van der Waals surface area contributed by atoms with Gasteiger partial charge in [0.1, 0.15) is 0 Å². The molecule has 2 rings (SSSR count). The summed E-state index contributed by atoms with van der Waals surface area (Å²) < 4.78 is 20.1. The van der Waals surface area contributed by atoms with Crippen LogP contribution in [0.25, 0.3) is 0 Å². The molecular formula is C15H15BrFNO. The standard InChI is InChI=1S/C15H15BrFNO/c1-9-6-7-10(12(16)8-9)15(18)11-4-3-5-13(19-2)14(11)17/h3-8,15H,18H2,1-2H3. The summed E-state index contributed by atoms with van der Waals surface area (Å²) in [6, 6.07) is 10.3. The molecular weight excluding hydrogens is 309 g/mol. The Labute approximate surface area is 120 Å². The van der Waals surface area contributed by atoms with E-state index in [0.717, 1.165) is 15.6 Å². The van der Waals surface area contributed by atoms with Gasteiger partial charge in [-0.15, -0.1) is 0 Å². The number of ether oxygens (including phenoxy) is 1. The van der Waals surface area contributed by atoms with Crippen molar-refractivity contribution in [2.45, 2.75) is 13.0 Å². The molecule has 0 aliphatic carbocycles. The molecule has 0 fully saturated rings. The minimum absolute atomic E-state index is 0.205. The summed E-state index contributed by atoms with van der Waals surface area (Å²) in [7, 11) is 1.44. The zero-order chi connectivity index (χ0) is 14.0. The lowest BCUT2D eigenvalue weighted by Gasteiger charge is -2.16. The van der Waals surface area contributed by atoms with Crippen LogP contribution in [-0.4, -0.2) is 7.11 Å². The summed E-state index contributed by atoms with van der Waals surface area (Å²) in [4.78, 5) is 0. The molecule has 0 aliphatic rings. The van der Waals surface area contributed by atoms with Gasteiger partial charge >= 0.3 is 0 Å². The summed E-state index contributed by atoms with van der Waals surface area (Å²) in [6.07, 6.45) is 0. The highest BCUT2D eigenvalue weighted by atomic mass is 79.9. The molecule has 0 heterocycles. The third-order valence-electron chi connectivity index (χ3n) is 3.04. The van der Waals surface area contributed by atoms with E-state index < -0.39 is 11.9 Å². The van der Waals surface area contributed by atoms with Gasteiger partial charge in [-0.1, -0.05) is 40.2 Å². The Hall–Kier alpha value is -1.39. The Morgan fingerprint density at radius 1 is 1.21 bits per heavy atom. The van der Waals surface area contributed by atoms with Crippen LogP contribution in [0.4, 0.5) is 4.39 Å². The second-order valence-electron chi connectivity index (χ2n) is 4.37. The van der Waals surface area contributed by atoms with E-state index in [2.05, 4.69) is 15.9 Å². The molecule has 0 radical (unpaired) electrons. The van der Waals surface area contributed by atoms with Crippen molar-refractivity contribution in [3.63, 3.8) is 0 Å². The van der Waals surface area contributed by atoms with E-state index in [0.29, 0.717) is 5.56 Å². The predicted molar refractivity (Wildman–Crippen MR) is 77.9 cm³/mol. The zero-order valence-electron chi connectivity index (χ0n) is 10.8. The minimum atomic E-state index is -0.537. The molecule has 0 bridgehead atoms. The lowest BCUT2D eigenvalue weighted by atomic mass is 9.98. The second-order valence-corrected chi connectivity index (χ2v) is 5.22. The molecule has 1 unspecified atom stereocenters. The molecule has 2 aromatic carbocycles. The molecule has 0 amide bonds. The molecule has 100 valence electrons. The van der Waals surface area contributed by atoms with Crippen molar-refractivity contribution < 1.29 is 9.13 Å². The molecule has 0 saturated carbocycles. The van der Waals surface area contributed by atoms with Gasteiger partial charge in [0.25, 0.3) is 0 Å². The molecule has 2 aromatic rings. The summed E-state index contributed by atoms with van der Waals surface area (Å²) in [6.45, 7) is 1.99. The average molecular weight is 324 g/mol. The molecule has 0 spiro atoms. The molecule has 0 aliphatic heterocycles. The van der Waals surface area contributed by atoms with Crippen molar-refractivity contribution >= 4 is 15.9 Å². The van der Waals surface area contributed by atoms with Crippen molar-refractivity contribution in [1.29, 1.82) is 0 Å². The number of halogens is 2. The van der Waals surface area contributed by atoms with Crippen LogP contribution in [-0.2, 0) is 0 Å². The summed E-state index contributed by atoms with van der Waals surface area (Å²) in [5.74, 6) is -0.207. The molecule has 0 saturated heterocycles. The van der Waals surface area contributed by atoms with Gasteiger partial charge < -0.3 is 10.5 Å². The van der Waals surface area contributed by atoms with Crippen LogP contribution in [0.15, 0.2) is 40.9 Å². The first kappa shape index (κ1) is 14.0. The maximum Gasteiger partial charge on any atom is 0.170 e. The SMILES string of the molecule is COc1cccc(C(N)c2ccc(C)cc2Br)c1F. The van der Waals surface area contributed by atoms with Crippen LogP contribution >= 0.6 is 15.9 Å². The summed E-state index contributed by atoms with van der Waals surface area (Å²) >= 11 is 3.47. The Bertz CT molecular complexity index is 601. The smallest absolute Gasteiger partial charge is 0.170 e. The number of benzene rings is 2. The molecule has 1 atom stereocenters. The number of hydrogen-bond acceptors (Lipinski definition) is 2. The molecule has 19 heavy (non-hydrogen) atoms. The van der Waals surface area contributed by atoms with Crippen LogP contribution in [0.2, 0.25) is 0 Å². The van der Waals surface area contributed by atoms with Crippen LogP contribution in [0, 0.1) is 12.7 Å². The van der Waals surface area contributed by atoms with Crippen molar-refractivity contribution in [1.82, 2.24) is 0 Å². The fourth-order valence-electron chi connectivity index (χ4n) is 1.98. The monoisotopic (exact) mass is 323 g/mol. The second kappa shape index (κ2) is 5.72. The lowest BCUT2D eigenvalue weighted by Crippen LogP contribution is -2.14. The normalized spacial score (nSPS) is 12.3. The molecule has 2 nitrogen and oxygen atoms in total. The predicted octanol–water partition coefficient (Wildman–Crippen LogP) is 3.95. The minimum Gasteiger partial charge on any atom is -0.494 e. The third kappa shape index (κ3) is 2.80. The van der Waals surface area contributed by atoms with Crippen molar-refractivity contribution in [3.8, 4) is 5.75 Å². The van der Waals surface area contributed by atoms with E-state index in [1.54, 1.807) is 18.2 Å². The largest absolute Gasteiger partial charge is 0.494 e. The van der Waals surface area contributed by atoms with E-state index in [4.69, 9.17) is 10.5 Å². The topological polar surface area (TPSA) is 35.2 Å². The number of rotatable bonds is 3. The Kier molecular flexibility index (Phi) is 4.22. The van der Waals surface area contributed by atoms with Gasteiger partial charge in [-0.25, -0.2) is 4.39 Å². The Morgan fingerprint density at radius 3 is 2.58 bits per heavy atom. The lowest BCUT2D eigenvalue weighted by molar-refractivity contribution is 0.383. The third-order valence-corrected chi connectivity index (χ3v) is 3.73. The average Bonchev–Trinajstić information content (AvgIpc) is 2.38. The van der Waals surface area contributed by atoms with Crippen molar-refractivity contribution in [3.05, 3.63) is 63.4 Å². The fourth-order valence-corrected chi connectivity index (χ4v) is 2.72.